The van der Waals surface area contributed by atoms with E-state index in [1.165, 1.54) is 12.2 Å². The summed E-state index contributed by atoms with van der Waals surface area (Å²) in [5, 5.41) is 8.34. The van der Waals surface area contributed by atoms with Gasteiger partial charge >= 0.3 is 0 Å². The van der Waals surface area contributed by atoms with Gasteiger partial charge in [0.15, 0.2) is 5.78 Å². The molecule has 0 bridgehead atoms. The van der Waals surface area contributed by atoms with Crippen molar-refractivity contribution < 1.29 is 4.79 Å². The van der Waals surface area contributed by atoms with Crippen LogP contribution in [0.5, 0.6) is 0 Å². The molecule has 0 radical (unpaired) electrons. The minimum atomic E-state index is -0.250. The zero-order chi connectivity index (χ0) is 8.85. The molecule has 2 heteroatoms. The summed E-state index contributed by atoms with van der Waals surface area (Å²) in [7, 11) is 0. The van der Waals surface area contributed by atoms with Crippen molar-refractivity contribution in [3.8, 4) is 6.07 Å². The molecule has 0 aromatic rings. The van der Waals surface area contributed by atoms with Gasteiger partial charge in [0, 0.05) is 11.1 Å². The van der Waals surface area contributed by atoms with Crippen molar-refractivity contribution >= 4 is 5.78 Å². The summed E-state index contributed by atoms with van der Waals surface area (Å²) in [6.45, 7) is 8.37. The van der Waals surface area contributed by atoms with Crippen LogP contribution in [0.2, 0.25) is 0 Å². The van der Waals surface area contributed by atoms with Gasteiger partial charge in [0.25, 0.3) is 0 Å². The molecule has 0 aliphatic rings. The molecule has 0 unspecified atom stereocenters. The summed E-state index contributed by atoms with van der Waals surface area (Å²) in [6, 6.07) is 1.89. The minimum Gasteiger partial charge on any atom is -0.289 e. The molecule has 0 N–H and O–H groups in total. The Hall–Kier alpha value is -1.62. The normalized spacial score (nSPS) is 10.0. The highest BCUT2D eigenvalue weighted by Gasteiger charge is 1.97. The first-order valence-electron chi connectivity index (χ1n) is 3.06. The first-order valence-corrected chi connectivity index (χ1v) is 3.06. The fourth-order valence-electron chi connectivity index (χ4n) is 0.496. The van der Waals surface area contributed by atoms with Crippen LogP contribution < -0.4 is 0 Å². The molecule has 0 aliphatic carbocycles. The van der Waals surface area contributed by atoms with Crippen LogP contribution >= 0.6 is 0 Å². The van der Waals surface area contributed by atoms with E-state index in [9.17, 15) is 4.79 Å². The van der Waals surface area contributed by atoms with Gasteiger partial charge in [-0.3, -0.25) is 4.79 Å². The Morgan fingerprint density at radius 1 is 1.64 bits per heavy atom. The second kappa shape index (κ2) is 4.24. The van der Waals surface area contributed by atoms with E-state index in [0.29, 0.717) is 11.1 Å². The molecule has 0 heterocycles. The summed E-state index contributed by atoms with van der Waals surface area (Å²) in [5.74, 6) is -0.250. The molecule has 0 spiro atoms. The number of allylic oxidation sites excluding steroid dienone is 4. The summed E-state index contributed by atoms with van der Waals surface area (Å²) in [4.78, 5) is 10.8. The van der Waals surface area contributed by atoms with E-state index >= 15 is 0 Å². The van der Waals surface area contributed by atoms with Crippen molar-refractivity contribution in [3.05, 3.63) is 36.5 Å². The van der Waals surface area contributed by atoms with Gasteiger partial charge in [-0.1, -0.05) is 13.2 Å². The van der Waals surface area contributed by atoms with Gasteiger partial charge in [-0.2, -0.15) is 5.26 Å². The minimum absolute atomic E-state index is 0.250. The molecule has 0 aromatic heterocycles. The van der Waals surface area contributed by atoms with Crippen molar-refractivity contribution in [1.29, 1.82) is 5.26 Å². The molecule has 0 amide bonds. The van der Waals surface area contributed by atoms with Crippen LogP contribution in [0, 0.1) is 11.3 Å². The third kappa shape index (κ3) is 3.17. The summed E-state index contributed by atoms with van der Waals surface area (Å²) >= 11 is 0. The van der Waals surface area contributed by atoms with E-state index in [-0.39, 0.29) is 5.78 Å². The zero-order valence-electron chi connectivity index (χ0n) is 6.42. The fraction of sp³-hybridized carbons (Fsp3) is 0.111. The SMILES string of the molecule is C=CC(=O)C(=C)/C=C(\C)C#N. The van der Waals surface area contributed by atoms with Crippen LogP contribution in [0.4, 0.5) is 0 Å². The van der Waals surface area contributed by atoms with E-state index in [4.69, 9.17) is 5.26 Å². The number of nitriles is 1. The largest absolute Gasteiger partial charge is 0.289 e. The number of ketones is 1. The van der Waals surface area contributed by atoms with Gasteiger partial charge in [0.2, 0.25) is 0 Å². The fourth-order valence-corrected chi connectivity index (χ4v) is 0.496. The summed E-state index contributed by atoms with van der Waals surface area (Å²) < 4.78 is 0. The highest BCUT2D eigenvalue weighted by atomic mass is 16.1. The van der Waals surface area contributed by atoms with Crippen LogP contribution in [0.25, 0.3) is 0 Å². The topological polar surface area (TPSA) is 40.9 Å². The smallest absolute Gasteiger partial charge is 0.184 e. The van der Waals surface area contributed by atoms with Crippen LogP contribution in [-0.4, -0.2) is 5.78 Å². The van der Waals surface area contributed by atoms with Crippen molar-refractivity contribution in [2.24, 2.45) is 0 Å². The van der Waals surface area contributed by atoms with E-state index in [1.807, 2.05) is 6.07 Å². The van der Waals surface area contributed by atoms with Crippen molar-refractivity contribution in [2.75, 3.05) is 0 Å². The van der Waals surface area contributed by atoms with E-state index in [0.717, 1.165) is 0 Å². The molecule has 0 rings (SSSR count). The predicted octanol–water partition coefficient (Wildman–Crippen LogP) is 1.77. The quantitative estimate of drug-likeness (QED) is 0.347. The van der Waals surface area contributed by atoms with E-state index < -0.39 is 0 Å². The lowest BCUT2D eigenvalue weighted by molar-refractivity contribution is -0.111. The standard InChI is InChI=1S/C9H9NO/c1-4-9(11)8(3)5-7(2)6-10/h4-5H,1,3H2,2H3/b7-5+. The monoisotopic (exact) mass is 147 g/mol. The van der Waals surface area contributed by atoms with E-state index in [1.54, 1.807) is 6.92 Å². The molecule has 2 nitrogen and oxygen atoms in total. The lowest BCUT2D eigenvalue weighted by Gasteiger charge is -1.90. The number of carbonyl (C=O) groups excluding carboxylic acids is 1. The van der Waals surface area contributed by atoms with Crippen LogP contribution in [0.1, 0.15) is 6.92 Å². The Kier molecular flexibility index (Phi) is 3.61. The van der Waals surface area contributed by atoms with E-state index in [2.05, 4.69) is 13.2 Å². The van der Waals surface area contributed by atoms with Crippen LogP contribution in [-0.2, 0) is 4.79 Å². The predicted molar refractivity (Wildman–Crippen MR) is 43.7 cm³/mol. The number of hydrogen-bond acceptors (Lipinski definition) is 2. The zero-order valence-corrected chi connectivity index (χ0v) is 6.42. The average molecular weight is 147 g/mol. The third-order valence-electron chi connectivity index (χ3n) is 1.07. The van der Waals surface area contributed by atoms with Gasteiger partial charge in [-0.15, -0.1) is 0 Å². The Bertz CT molecular complexity index is 266. The van der Waals surface area contributed by atoms with Gasteiger partial charge in [-0.25, -0.2) is 0 Å². The maximum atomic E-state index is 10.8. The molecule has 0 aliphatic heterocycles. The van der Waals surface area contributed by atoms with Gasteiger partial charge in [0.1, 0.15) is 0 Å². The molecular weight excluding hydrogens is 138 g/mol. The number of nitrogens with zero attached hydrogens (tertiary/aromatic N) is 1. The molecule has 56 valence electrons. The van der Waals surface area contributed by atoms with Crippen molar-refractivity contribution in [2.45, 2.75) is 6.92 Å². The molecule has 0 fully saturated rings. The van der Waals surface area contributed by atoms with Gasteiger partial charge in [0.05, 0.1) is 6.07 Å². The van der Waals surface area contributed by atoms with Gasteiger partial charge in [-0.05, 0) is 19.1 Å². The molecule has 0 aromatic carbocycles. The highest BCUT2D eigenvalue weighted by molar-refractivity contribution is 6.05. The summed E-state index contributed by atoms with van der Waals surface area (Å²) in [5.41, 5.74) is 0.754. The van der Waals surface area contributed by atoms with Gasteiger partial charge < -0.3 is 0 Å². The first kappa shape index (κ1) is 9.38. The molecule has 0 saturated carbocycles. The number of rotatable bonds is 3. The Balaban J connectivity index is 4.44. The van der Waals surface area contributed by atoms with Crippen LogP contribution in [0.15, 0.2) is 36.5 Å². The Labute approximate surface area is 66.1 Å². The Morgan fingerprint density at radius 3 is 2.55 bits per heavy atom. The average Bonchev–Trinajstić information content (AvgIpc) is 2.02. The molecule has 0 atom stereocenters. The maximum absolute atomic E-state index is 10.8. The number of carbonyl (C=O) groups is 1. The lowest BCUT2D eigenvalue weighted by atomic mass is 10.1. The molecule has 11 heavy (non-hydrogen) atoms. The molecule has 0 saturated heterocycles. The van der Waals surface area contributed by atoms with Crippen LogP contribution in [0.3, 0.4) is 0 Å². The number of hydrogen-bond donors (Lipinski definition) is 0. The Morgan fingerprint density at radius 2 is 2.18 bits per heavy atom. The molecular formula is C9H9NO. The summed E-state index contributed by atoms with van der Waals surface area (Å²) in [6.07, 6.45) is 2.60. The second-order valence-electron chi connectivity index (χ2n) is 2.03. The second-order valence-corrected chi connectivity index (χ2v) is 2.03. The third-order valence-corrected chi connectivity index (χ3v) is 1.07. The first-order chi connectivity index (χ1) is 5.11. The lowest BCUT2D eigenvalue weighted by Crippen LogP contribution is -1.93. The van der Waals surface area contributed by atoms with Crippen molar-refractivity contribution in [1.82, 2.24) is 0 Å². The maximum Gasteiger partial charge on any atom is 0.184 e. The highest BCUT2D eigenvalue weighted by Crippen LogP contribution is 2.00. The van der Waals surface area contributed by atoms with Crippen molar-refractivity contribution in [3.63, 3.8) is 0 Å².